The summed E-state index contributed by atoms with van der Waals surface area (Å²) in [4.78, 5) is 1.96. The summed E-state index contributed by atoms with van der Waals surface area (Å²) < 4.78 is 14.2. The zero-order valence-corrected chi connectivity index (χ0v) is 15.8. The number of fused-ring (bicyclic) bond motifs is 2. The van der Waals surface area contributed by atoms with Crippen molar-refractivity contribution in [2.75, 3.05) is 20.6 Å². The first kappa shape index (κ1) is 17.9. The second-order valence-corrected chi connectivity index (χ2v) is 8.07. The molecule has 0 heterocycles. The van der Waals surface area contributed by atoms with Crippen LogP contribution in [0.4, 0.5) is 4.39 Å². The van der Waals surface area contributed by atoms with E-state index in [0.717, 1.165) is 11.8 Å². The first-order chi connectivity index (χ1) is 11.5. The largest absolute Gasteiger partial charge is 0.361 e. The lowest BCUT2D eigenvalue weighted by molar-refractivity contribution is 0.290. The lowest BCUT2D eigenvalue weighted by Crippen LogP contribution is -2.46. The maximum Gasteiger partial charge on any atom is 0.166 e. The quantitative estimate of drug-likeness (QED) is 0.773. The normalized spacial score (nSPS) is 26.6. The Bertz CT molecular complexity index is 590. The average Bonchev–Trinajstić information content (AvgIpc) is 3.12. The Morgan fingerprint density at radius 3 is 2.75 bits per heavy atom. The summed E-state index contributed by atoms with van der Waals surface area (Å²) in [7, 11) is 3.84. The van der Waals surface area contributed by atoms with Crippen molar-refractivity contribution in [3.05, 3.63) is 34.6 Å². The van der Waals surface area contributed by atoms with Crippen LogP contribution < -0.4 is 10.6 Å². The summed E-state index contributed by atoms with van der Waals surface area (Å²) in [5, 5.41) is 7.82. The van der Waals surface area contributed by atoms with Gasteiger partial charge in [0.1, 0.15) is 5.82 Å². The molecule has 2 N–H and O–H groups in total. The molecule has 2 fully saturated rings. The van der Waals surface area contributed by atoms with Gasteiger partial charge in [0.15, 0.2) is 5.11 Å². The Balaban J connectivity index is 1.59. The third-order valence-corrected chi connectivity index (χ3v) is 6.06. The van der Waals surface area contributed by atoms with E-state index >= 15 is 0 Å². The maximum absolute atomic E-state index is 14.2. The third kappa shape index (κ3) is 3.84. The molecule has 1 aromatic rings. The molecule has 2 saturated carbocycles. The van der Waals surface area contributed by atoms with Crippen LogP contribution in [0.1, 0.15) is 37.3 Å². The molecule has 0 unspecified atom stereocenters. The van der Waals surface area contributed by atoms with Crippen LogP contribution in [0.25, 0.3) is 0 Å². The van der Waals surface area contributed by atoms with E-state index in [9.17, 15) is 4.39 Å². The highest BCUT2D eigenvalue weighted by molar-refractivity contribution is 7.80. The van der Waals surface area contributed by atoms with E-state index in [2.05, 4.69) is 10.6 Å². The van der Waals surface area contributed by atoms with Gasteiger partial charge in [0.2, 0.25) is 0 Å². The summed E-state index contributed by atoms with van der Waals surface area (Å²) in [5.41, 5.74) is 0.513. The summed E-state index contributed by atoms with van der Waals surface area (Å²) >= 11 is 11.7. The molecule has 6 heteroatoms. The van der Waals surface area contributed by atoms with Gasteiger partial charge in [-0.15, -0.1) is 0 Å². The first-order valence-corrected chi connectivity index (χ1v) is 9.39. The number of nitrogens with zero attached hydrogens (tertiary/aromatic N) is 1. The Morgan fingerprint density at radius 2 is 2.17 bits per heavy atom. The fraction of sp³-hybridized carbons (Fsp3) is 0.611. The Morgan fingerprint density at radius 1 is 1.38 bits per heavy atom. The van der Waals surface area contributed by atoms with Crippen molar-refractivity contribution in [3.8, 4) is 0 Å². The average molecular weight is 370 g/mol. The number of thiocarbonyl (C=S) groups is 1. The monoisotopic (exact) mass is 369 g/mol. The number of benzene rings is 1. The van der Waals surface area contributed by atoms with Crippen molar-refractivity contribution < 1.29 is 4.39 Å². The fourth-order valence-electron chi connectivity index (χ4n) is 4.20. The number of nitrogens with one attached hydrogen (secondary N) is 2. The molecular weight excluding hydrogens is 345 g/mol. The minimum Gasteiger partial charge on any atom is -0.361 e. The smallest absolute Gasteiger partial charge is 0.166 e. The van der Waals surface area contributed by atoms with Crippen LogP contribution in [0.15, 0.2) is 18.2 Å². The Hall–Kier alpha value is -0.910. The van der Waals surface area contributed by atoms with Crippen LogP contribution in [0, 0.1) is 17.7 Å². The minimum absolute atomic E-state index is 0.182. The van der Waals surface area contributed by atoms with E-state index in [-0.39, 0.29) is 11.9 Å². The molecular formula is C18H25ClFN3S. The second-order valence-electron chi connectivity index (χ2n) is 7.25. The molecule has 0 amide bonds. The van der Waals surface area contributed by atoms with E-state index in [4.69, 9.17) is 23.8 Å². The lowest BCUT2D eigenvalue weighted by Gasteiger charge is -2.29. The van der Waals surface area contributed by atoms with Crippen LogP contribution in [0.2, 0.25) is 5.02 Å². The highest BCUT2D eigenvalue weighted by Gasteiger charge is 2.39. The number of halogens is 2. The van der Waals surface area contributed by atoms with Crippen molar-refractivity contribution >= 4 is 28.9 Å². The molecule has 3 nitrogen and oxygen atoms in total. The summed E-state index contributed by atoms with van der Waals surface area (Å²) in [6.07, 6.45) is 5.25. The molecule has 2 bridgehead atoms. The molecule has 4 atom stereocenters. The standard InChI is InChI=1S/C18H25ClFN3S/c1-23(2)16(17-13(19)4-3-5-14(17)20)10-21-18(24)22-15-9-11-6-7-12(15)8-11/h3-5,11-12,15-16H,6-10H2,1-2H3,(H2,21,22,24)/t11-,12-,15-,16-/m0/s1. The van der Waals surface area contributed by atoms with Gasteiger partial charge in [0.05, 0.1) is 6.04 Å². The highest BCUT2D eigenvalue weighted by atomic mass is 35.5. The molecule has 132 valence electrons. The van der Waals surface area contributed by atoms with E-state index in [0.29, 0.717) is 28.3 Å². The molecule has 2 aliphatic rings. The first-order valence-electron chi connectivity index (χ1n) is 8.60. The summed E-state index contributed by atoms with van der Waals surface area (Å²) in [5.74, 6) is 1.36. The Labute approximate surface area is 153 Å². The van der Waals surface area contributed by atoms with Gasteiger partial charge in [-0.05, 0) is 69.5 Å². The number of rotatable bonds is 5. The number of likely N-dealkylation sites (N-methyl/N-ethyl adjacent to an activating group) is 1. The van der Waals surface area contributed by atoms with Gasteiger partial charge < -0.3 is 15.5 Å². The molecule has 0 radical (unpaired) electrons. The van der Waals surface area contributed by atoms with E-state index in [1.165, 1.54) is 31.7 Å². The van der Waals surface area contributed by atoms with Crippen molar-refractivity contribution in [3.63, 3.8) is 0 Å². The van der Waals surface area contributed by atoms with Crippen LogP contribution in [0.3, 0.4) is 0 Å². The van der Waals surface area contributed by atoms with E-state index < -0.39 is 0 Å². The van der Waals surface area contributed by atoms with Crippen LogP contribution in [0.5, 0.6) is 0 Å². The van der Waals surface area contributed by atoms with Crippen LogP contribution in [-0.2, 0) is 0 Å². The van der Waals surface area contributed by atoms with E-state index in [1.54, 1.807) is 12.1 Å². The van der Waals surface area contributed by atoms with Gasteiger partial charge in [-0.3, -0.25) is 0 Å². The van der Waals surface area contributed by atoms with Gasteiger partial charge in [-0.1, -0.05) is 24.1 Å². The SMILES string of the molecule is CN(C)[C@@H](CNC(=S)N[C@H]1C[C@H]2CC[C@H]1C2)c1c(F)cccc1Cl. The Kier molecular flexibility index (Phi) is 5.63. The van der Waals surface area contributed by atoms with Crippen molar-refractivity contribution in [2.24, 2.45) is 11.8 Å². The molecule has 1 aromatic carbocycles. The molecule has 2 aliphatic carbocycles. The van der Waals surface area contributed by atoms with Gasteiger partial charge in [-0.2, -0.15) is 0 Å². The second kappa shape index (κ2) is 7.54. The van der Waals surface area contributed by atoms with Gasteiger partial charge in [0.25, 0.3) is 0 Å². The van der Waals surface area contributed by atoms with Crippen LogP contribution in [-0.4, -0.2) is 36.7 Å². The molecule has 0 spiro atoms. The predicted octanol–water partition coefficient (Wildman–Crippen LogP) is 3.73. The van der Waals surface area contributed by atoms with Crippen LogP contribution >= 0.6 is 23.8 Å². The maximum atomic E-state index is 14.2. The van der Waals surface area contributed by atoms with E-state index in [1.807, 2.05) is 19.0 Å². The summed E-state index contributed by atoms with van der Waals surface area (Å²) in [6, 6.07) is 5.12. The van der Waals surface area contributed by atoms with Crippen molar-refractivity contribution in [1.82, 2.24) is 15.5 Å². The van der Waals surface area contributed by atoms with Crippen molar-refractivity contribution in [2.45, 2.75) is 37.8 Å². The zero-order valence-electron chi connectivity index (χ0n) is 14.2. The third-order valence-electron chi connectivity index (χ3n) is 5.47. The lowest BCUT2D eigenvalue weighted by atomic mass is 9.95. The molecule has 0 aromatic heterocycles. The minimum atomic E-state index is -0.282. The van der Waals surface area contributed by atoms with Gasteiger partial charge in [0, 0.05) is 23.2 Å². The molecule has 3 rings (SSSR count). The zero-order chi connectivity index (χ0) is 17.3. The fourth-order valence-corrected chi connectivity index (χ4v) is 4.73. The number of hydrogen-bond donors (Lipinski definition) is 2. The summed E-state index contributed by atoms with van der Waals surface area (Å²) in [6.45, 7) is 0.514. The van der Waals surface area contributed by atoms with Gasteiger partial charge in [-0.25, -0.2) is 4.39 Å². The predicted molar refractivity (Wildman–Crippen MR) is 101 cm³/mol. The molecule has 0 aliphatic heterocycles. The highest BCUT2D eigenvalue weighted by Crippen LogP contribution is 2.44. The molecule has 0 saturated heterocycles. The van der Waals surface area contributed by atoms with Gasteiger partial charge >= 0.3 is 0 Å². The van der Waals surface area contributed by atoms with Crippen molar-refractivity contribution in [1.29, 1.82) is 0 Å². The topological polar surface area (TPSA) is 27.3 Å². The molecule has 24 heavy (non-hydrogen) atoms. The number of hydrogen-bond acceptors (Lipinski definition) is 2.